The topological polar surface area (TPSA) is 55.2 Å². The molecule has 0 aliphatic heterocycles. The van der Waals surface area contributed by atoms with E-state index < -0.39 is 0 Å². The molecule has 3 rings (SSSR count). The van der Waals surface area contributed by atoms with Crippen molar-refractivity contribution in [1.82, 2.24) is 5.32 Å². The number of benzene rings is 3. The lowest BCUT2D eigenvalue weighted by molar-refractivity contribution is -0.385. The maximum Gasteiger partial charge on any atom is 0.279 e. The molecule has 0 amide bonds. The predicted molar refractivity (Wildman–Crippen MR) is 101 cm³/mol. The fourth-order valence-corrected chi connectivity index (χ4v) is 2.65. The van der Waals surface area contributed by atoms with Gasteiger partial charge in [-0.05, 0) is 22.8 Å². The van der Waals surface area contributed by atoms with Crippen molar-refractivity contribution in [3.63, 3.8) is 0 Å². The molecule has 0 unspecified atom stereocenters. The molecule has 124 valence electrons. The Morgan fingerprint density at radius 3 is 2.20 bits per heavy atom. The number of nitro groups is 1. The molecule has 0 spiro atoms. The zero-order chi connectivity index (χ0) is 17.6. The zero-order valence-electron chi connectivity index (χ0n) is 13.7. The Kier molecular flexibility index (Phi) is 4.90. The van der Waals surface area contributed by atoms with Crippen LogP contribution in [0.15, 0.2) is 85.4 Å². The Labute approximate surface area is 146 Å². The lowest BCUT2D eigenvalue weighted by atomic mass is 10.0. The van der Waals surface area contributed by atoms with Crippen LogP contribution >= 0.6 is 0 Å². The van der Waals surface area contributed by atoms with E-state index in [-0.39, 0.29) is 10.6 Å². The third-order valence-corrected chi connectivity index (χ3v) is 3.98. The molecule has 25 heavy (non-hydrogen) atoms. The molecule has 0 saturated heterocycles. The van der Waals surface area contributed by atoms with Gasteiger partial charge in [-0.25, -0.2) is 0 Å². The van der Waals surface area contributed by atoms with E-state index in [1.54, 1.807) is 12.1 Å². The SMILES string of the molecule is C=C(NCc1ccccc1)c1ccc(-c2ccccc2)cc1[N+](=O)[O-]. The molecule has 3 aromatic rings. The van der Waals surface area contributed by atoms with Crippen molar-refractivity contribution in [1.29, 1.82) is 0 Å². The van der Waals surface area contributed by atoms with Crippen LogP contribution in [0.2, 0.25) is 0 Å². The van der Waals surface area contributed by atoms with Crippen LogP contribution in [0.4, 0.5) is 5.69 Å². The second-order valence-electron chi connectivity index (χ2n) is 5.67. The van der Waals surface area contributed by atoms with Gasteiger partial charge in [-0.2, -0.15) is 0 Å². The van der Waals surface area contributed by atoms with Crippen molar-refractivity contribution in [3.8, 4) is 11.1 Å². The van der Waals surface area contributed by atoms with Gasteiger partial charge >= 0.3 is 0 Å². The van der Waals surface area contributed by atoms with Crippen molar-refractivity contribution < 1.29 is 4.92 Å². The summed E-state index contributed by atoms with van der Waals surface area (Å²) in [7, 11) is 0. The van der Waals surface area contributed by atoms with Crippen molar-refractivity contribution in [2.24, 2.45) is 0 Å². The van der Waals surface area contributed by atoms with Gasteiger partial charge < -0.3 is 5.32 Å². The second-order valence-corrected chi connectivity index (χ2v) is 5.67. The van der Waals surface area contributed by atoms with Gasteiger partial charge in [-0.1, -0.05) is 73.3 Å². The standard InChI is InChI=1S/C21H18N2O2/c1-16(22-15-17-8-4-2-5-9-17)20-13-12-19(14-21(20)23(24)25)18-10-6-3-7-11-18/h2-14,22H,1,15H2. The molecule has 0 fully saturated rings. The van der Waals surface area contributed by atoms with Crippen LogP contribution in [0.3, 0.4) is 0 Å². The molecule has 1 N–H and O–H groups in total. The van der Waals surface area contributed by atoms with E-state index in [1.807, 2.05) is 66.7 Å². The highest BCUT2D eigenvalue weighted by Gasteiger charge is 2.17. The predicted octanol–water partition coefficient (Wildman–Crippen LogP) is 5.02. The zero-order valence-corrected chi connectivity index (χ0v) is 13.7. The first kappa shape index (κ1) is 16.5. The summed E-state index contributed by atoms with van der Waals surface area (Å²) < 4.78 is 0. The third-order valence-electron chi connectivity index (χ3n) is 3.98. The molecular weight excluding hydrogens is 312 g/mol. The van der Waals surface area contributed by atoms with Crippen molar-refractivity contribution in [2.45, 2.75) is 6.54 Å². The lowest BCUT2D eigenvalue weighted by Crippen LogP contribution is -2.12. The summed E-state index contributed by atoms with van der Waals surface area (Å²) in [5, 5.41) is 14.7. The van der Waals surface area contributed by atoms with Gasteiger partial charge in [0.2, 0.25) is 0 Å². The maximum absolute atomic E-state index is 11.5. The number of nitro benzene ring substituents is 1. The van der Waals surface area contributed by atoms with E-state index in [9.17, 15) is 10.1 Å². The highest BCUT2D eigenvalue weighted by atomic mass is 16.6. The minimum absolute atomic E-state index is 0.0481. The third kappa shape index (κ3) is 3.93. The molecule has 3 aromatic carbocycles. The van der Waals surface area contributed by atoms with Crippen LogP contribution in [0.5, 0.6) is 0 Å². The van der Waals surface area contributed by atoms with Crippen molar-refractivity contribution in [3.05, 3.63) is 107 Å². The molecule has 4 heteroatoms. The molecule has 0 atom stereocenters. The number of nitrogens with zero attached hydrogens (tertiary/aromatic N) is 1. The summed E-state index contributed by atoms with van der Waals surface area (Å²) in [4.78, 5) is 11.2. The van der Waals surface area contributed by atoms with Gasteiger partial charge in [0.1, 0.15) is 0 Å². The minimum Gasteiger partial charge on any atom is -0.381 e. The summed E-state index contributed by atoms with van der Waals surface area (Å²) in [5.41, 5.74) is 3.93. The van der Waals surface area contributed by atoms with E-state index >= 15 is 0 Å². The normalized spacial score (nSPS) is 10.2. The Bertz CT molecular complexity index is 890. The van der Waals surface area contributed by atoms with Gasteiger partial charge in [0, 0.05) is 18.3 Å². The first-order valence-corrected chi connectivity index (χ1v) is 7.96. The Morgan fingerprint density at radius 2 is 1.56 bits per heavy atom. The van der Waals surface area contributed by atoms with Gasteiger partial charge in [-0.15, -0.1) is 0 Å². The summed E-state index contributed by atoms with van der Waals surface area (Å²) in [6, 6.07) is 24.7. The molecule has 0 aliphatic rings. The van der Waals surface area contributed by atoms with E-state index in [4.69, 9.17) is 0 Å². The first-order chi connectivity index (χ1) is 12.1. The Morgan fingerprint density at radius 1 is 0.920 bits per heavy atom. The Hall–Kier alpha value is -3.40. The number of hydrogen-bond donors (Lipinski definition) is 1. The molecule has 0 aromatic heterocycles. The largest absolute Gasteiger partial charge is 0.381 e. The fraction of sp³-hybridized carbons (Fsp3) is 0.0476. The number of nitrogens with one attached hydrogen (secondary N) is 1. The quantitative estimate of drug-likeness (QED) is 0.510. The number of hydrogen-bond acceptors (Lipinski definition) is 3. The molecule has 0 radical (unpaired) electrons. The molecule has 0 heterocycles. The summed E-state index contributed by atoms with van der Waals surface area (Å²) >= 11 is 0. The highest BCUT2D eigenvalue weighted by Crippen LogP contribution is 2.30. The van der Waals surface area contributed by atoms with E-state index in [0.29, 0.717) is 17.8 Å². The van der Waals surface area contributed by atoms with Crippen LogP contribution in [-0.2, 0) is 6.54 Å². The van der Waals surface area contributed by atoms with Gasteiger partial charge in [0.25, 0.3) is 5.69 Å². The van der Waals surface area contributed by atoms with Gasteiger partial charge in [0.15, 0.2) is 0 Å². The molecular formula is C21H18N2O2. The van der Waals surface area contributed by atoms with Crippen LogP contribution in [0, 0.1) is 10.1 Å². The minimum atomic E-state index is -0.364. The summed E-state index contributed by atoms with van der Waals surface area (Å²) in [6.45, 7) is 4.54. The Balaban J connectivity index is 1.85. The van der Waals surface area contributed by atoms with Gasteiger partial charge in [-0.3, -0.25) is 10.1 Å². The molecule has 0 saturated carbocycles. The average Bonchev–Trinajstić information content (AvgIpc) is 2.67. The highest BCUT2D eigenvalue weighted by molar-refractivity contribution is 5.76. The van der Waals surface area contributed by atoms with Crippen LogP contribution in [0.1, 0.15) is 11.1 Å². The monoisotopic (exact) mass is 330 g/mol. The molecule has 0 aliphatic carbocycles. The average molecular weight is 330 g/mol. The van der Waals surface area contributed by atoms with Crippen LogP contribution in [0.25, 0.3) is 16.8 Å². The van der Waals surface area contributed by atoms with Crippen LogP contribution < -0.4 is 5.32 Å². The smallest absolute Gasteiger partial charge is 0.279 e. The van der Waals surface area contributed by atoms with Crippen LogP contribution in [-0.4, -0.2) is 4.92 Å². The first-order valence-electron chi connectivity index (χ1n) is 7.96. The second kappa shape index (κ2) is 7.45. The summed E-state index contributed by atoms with van der Waals surface area (Å²) in [6.07, 6.45) is 0. The van der Waals surface area contributed by atoms with Crippen molar-refractivity contribution >= 4 is 11.4 Å². The fourth-order valence-electron chi connectivity index (χ4n) is 2.65. The van der Waals surface area contributed by atoms with E-state index in [0.717, 1.165) is 16.7 Å². The number of rotatable bonds is 6. The van der Waals surface area contributed by atoms with E-state index in [2.05, 4.69) is 11.9 Å². The maximum atomic E-state index is 11.5. The lowest BCUT2D eigenvalue weighted by Gasteiger charge is -2.11. The van der Waals surface area contributed by atoms with Crippen molar-refractivity contribution in [2.75, 3.05) is 0 Å². The molecule has 4 nitrogen and oxygen atoms in total. The van der Waals surface area contributed by atoms with Gasteiger partial charge in [0.05, 0.1) is 10.5 Å². The molecule has 0 bridgehead atoms. The summed E-state index contributed by atoms with van der Waals surface area (Å²) in [5.74, 6) is 0. The van der Waals surface area contributed by atoms with E-state index in [1.165, 1.54) is 0 Å².